The summed E-state index contributed by atoms with van der Waals surface area (Å²) >= 11 is 0. The molecule has 1 aliphatic heterocycles. The number of morpholine rings is 1. The number of hydrogen-bond donors (Lipinski definition) is 1. The predicted molar refractivity (Wildman–Crippen MR) is 105 cm³/mol. The SMILES string of the molecule is C=C(C)C/C=C(\Nc1ccc(N2CCOCC2)cc1)C(=C)/C=C\C. The van der Waals surface area contributed by atoms with Crippen molar-refractivity contribution >= 4 is 11.4 Å². The number of nitrogens with zero attached hydrogens (tertiary/aromatic N) is 1. The molecule has 1 N–H and O–H groups in total. The number of nitrogens with one attached hydrogen (secondary N) is 1. The van der Waals surface area contributed by atoms with Gasteiger partial charge in [-0.05, 0) is 50.1 Å². The molecular weight excluding hydrogens is 296 g/mol. The normalized spacial score (nSPS) is 15.6. The molecule has 0 aliphatic carbocycles. The van der Waals surface area contributed by atoms with Crippen molar-refractivity contribution in [2.75, 3.05) is 36.5 Å². The number of benzene rings is 1. The molecule has 3 heteroatoms. The van der Waals surface area contributed by atoms with Crippen molar-refractivity contribution in [1.29, 1.82) is 0 Å². The van der Waals surface area contributed by atoms with Gasteiger partial charge < -0.3 is 15.0 Å². The summed E-state index contributed by atoms with van der Waals surface area (Å²) in [6, 6.07) is 8.54. The van der Waals surface area contributed by atoms with Gasteiger partial charge in [0.1, 0.15) is 0 Å². The van der Waals surface area contributed by atoms with Crippen LogP contribution in [0.2, 0.25) is 0 Å². The fourth-order valence-electron chi connectivity index (χ4n) is 2.56. The van der Waals surface area contributed by atoms with Crippen molar-refractivity contribution in [2.45, 2.75) is 20.3 Å². The molecule has 2 rings (SSSR count). The molecular formula is C21H28N2O. The van der Waals surface area contributed by atoms with E-state index >= 15 is 0 Å². The Morgan fingerprint density at radius 3 is 2.46 bits per heavy atom. The molecule has 1 fully saturated rings. The van der Waals surface area contributed by atoms with Gasteiger partial charge in [0, 0.05) is 30.2 Å². The Balaban J connectivity index is 2.09. The molecule has 0 spiro atoms. The number of hydrogen-bond acceptors (Lipinski definition) is 3. The van der Waals surface area contributed by atoms with Gasteiger partial charge in [0.05, 0.1) is 13.2 Å². The lowest BCUT2D eigenvalue weighted by Gasteiger charge is -2.29. The highest BCUT2D eigenvalue weighted by Crippen LogP contribution is 2.22. The van der Waals surface area contributed by atoms with E-state index in [1.54, 1.807) is 0 Å². The summed E-state index contributed by atoms with van der Waals surface area (Å²) in [5, 5.41) is 3.48. The summed E-state index contributed by atoms with van der Waals surface area (Å²) in [5.41, 5.74) is 5.42. The standard InChI is InChI=1S/C21H28N2O/c1-5-6-18(4)21(12-7-17(2)3)22-19-8-10-20(11-9-19)23-13-15-24-16-14-23/h5-6,8-12,22H,2,4,7,13-16H2,1,3H3/b6-5-,21-12-. The largest absolute Gasteiger partial charge is 0.378 e. The third-order valence-corrected chi connectivity index (χ3v) is 3.89. The molecule has 1 aromatic carbocycles. The second-order valence-electron chi connectivity index (χ2n) is 6.08. The first-order valence-electron chi connectivity index (χ1n) is 8.46. The van der Waals surface area contributed by atoms with E-state index in [9.17, 15) is 0 Å². The molecule has 1 aliphatic rings. The molecule has 1 heterocycles. The van der Waals surface area contributed by atoms with Crippen LogP contribution in [0.25, 0.3) is 0 Å². The highest BCUT2D eigenvalue weighted by Gasteiger charge is 2.11. The fourth-order valence-corrected chi connectivity index (χ4v) is 2.56. The third-order valence-electron chi connectivity index (χ3n) is 3.89. The summed E-state index contributed by atoms with van der Waals surface area (Å²) in [4.78, 5) is 2.35. The third kappa shape index (κ3) is 5.43. The van der Waals surface area contributed by atoms with E-state index in [2.05, 4.69) is 53.7 Å². The maximum absolute atomic E-state index is 5.41. The van der Waals surface area contributed by atoms with Crippen molar-refractivity contribution in [1.82, 2.24) is 0 Å². The van der Waals surface area contributed by atoms with E-state index in [-0.39, 0.29) is 0 Å². The number of anilines is 2. The van der Waals surface area contributed by atoms with Crippen LogP contribution in [-0.4, -0.2) is 26.3 Å². The van der Waals surface area contributed by atoms with Gasteiger partial charge in [-0.1, -0.05) is 37.0 Å². The monoisotopic (exact) mass is 324 g/mol. The Labute approximate surface area is 146 Å². The van der Waals surface area contributed by atoms with Gasteiger partial charge in [-0.3, -0.25) is 0 Å². The minimum absolute atomic E-state index is 0.803. The van der Waals surface area contributed by atoms with Gasteiger partial charge in [-0.25, -0.2) is 0 Å². The Hall–Kier alpha value is -2.26. The summed E-state index contributed by atoms with van der Waals surface area (Å²) in [6.07, 6.45) is 6.99. The molecule has 0 radical (unpaired) electrons. The maximum Gasteiger partial charge on any atom is 0.0642 e. The lowest BCUT2D eigenvalue weighted by atomic mass is 10.1. The average Bonchev–Trinajstić information content (AvgIpc) is 2.60. The average molecular weight is 324 g/mol. The zero-order valence-corrected chi connectivity index (χ0v) is 14.8. The van der Waals surface area contributed by atoms with Crippen molar-refractivity contribution < 1.29 is 4.74 Å². The smallest absolute Gasteiger partial charge is 0.0642 e. The van der Waals surface area contributed by atoms with Crippen LogP contribution in [0.5, 0.6) is 0 Å². The van der Waals surface area contributed by atoms with E-state index in [1.165, 1.54) is 5.69 Å². The van der Waals surface area contributed by atoms with Crippen LogP contribution in [-0.2, 0) is 4.74 Å². The van der Waals surface area contributed by atoms with E-state index in [1.807, 2.05) is 26.0 Å². The summed E-state index contributed by atoms with van der Waals surface area (Å²) < 4.78 is 5.41. The van der Waals surface area contributed by atoms with Crippen LogP contribution in [0.3, 0.4) is 0 Å². The fraction of sp³-hybridized carbons (Fsp3) is 0.333. The van der Waals surface area contributed by atoms with Crippen molar-refractivity contribution in [3.63, 3.8) is 0 Å². The van der Waals surface area contributed by atoms with E-state index in [0.29, 0.717) is 0 Å². The predicted octanol–water partition coefficient (Wildman–Crippen LogP) is 4.92. The first-order valence-corrected chi connectivity index (χ1v) is 8.46. The van der Waals surface area contributed by atoms with E-state index < -0.39 is 0 Å². The van der Waals surface area contributed by atoms with Gasteiger partial charge in [-0.2, -0.15) is 0 Å². The Kier molecular flexibility index (Phi) is 6.89. The molecule has 1 saturated heterocycles. The minimum Gasteiger partial charge on any atom is -0.378 e. The van der Waals surface area contributed by atoms with Crippen molar-refractivity contribution in [3.8, 4) is 0 Å². The zero-order valence-electron chi connectivity index (χ0n) is 14.8. The van der Waals surface area contributed by atoms with Crippen LogP contribution in [0.4, 0.5) is 11.4 Å². The molecule has 128 valence electrons. The number of allylic oxidation sites excluding steroid dienone is 4. The quantitative estimate of drug-likeness (QED) is 0.569. The van der Waals surface area contributed by atoms with Gasteiger partial charge in [-0.15, -0.1) is 0 Å². The topological polar surface area (TPSA) is 24.5 Å². The summed E-state index contributed by atoms with van der Waals surface area (Å²) in [7, 11) is 0. The molecule has 0 amide bonds. The van der Waals surface area contributed by atoms with Gasteiger partial charge in [0.2, 0.25) is 0 Å². The van der Waals surface area contributed by atoms with Crippen LogP contribution in [0.15, 0.2) is 72.5 Å². The van der Waals surface area contributed by atoms with Crippen molar-refractivity contribution in [3.05, 3.63) is 72.5 Å². The molecule has 0 aromatic heterocycles. The molecule has 0 bridgehead atoms. The van der Waals surface area contributed by atoms with E-state index in [4.69, 9.17) is 4.74 Å². The second-order valence-corrected chi connectivity index (χ2v) is 6.08. The minimum atomic E-state index is 0.803. The number of rotatable bonds is 7. The number of ether oxygens (including phenoxy) is 1. The first kappa shape index (κ1) is 18.1. The Bertz CT molecular complexity index is 620. The molecule has 0 atom stereocenters. The van der Waals surface area contributed by atoms with Crippen LogP contribution in [0, 0.1) is 0 Å². The molecule has 0 saturated carbocycles. The Morgan fingerprint density at radius 1 is 1.21 bits per heavy atom. The summed E-state index contributed by atoms with van der Waals surface area (Å²) in [6.45, 7) is 15.6. The van der Waals surface area contributed by atoms with Crippen LogP contribution in [0.1, 0.15) is 20.3 Å². The maximum atomic E-state index is 5.41. The lowest BCUT2D eigenvalue weighted by Crippen LogP contribution is -2.36. The molecule has 0 unspecified atom stereocenters. The van der Waals surface area contributed by atoms with Crippen molar-refractivity contribution in [2.24, 2.45) is 0 Å². The first-order chi connectivity index (χ1) is 11.6. The van der Waals surface area contributed by atoms with E-state index in [0.717, 1.165) is 55.3 Å². The lowest BCUT2D eigenvalue weighted by molar-refractivity contribution is 0.122. The molecule has 24 heavy (non-hydrogen) atoms. The highest BCUT2D eigenvalue weighted by atomic mass is 16.5. The second kappa shape index (κ2) is 9.14. The molecule has 1 aromatic rings. The van der Waals surface area contributed by atoms with Gasteiger partial charge >= 0.3 is 0 Å². The van der Waals surface area contributed by atoms with Crippen LogP contribution < -0.4 is 10.2 Å². The van der Waals surface area contributed by atoms with Crippen LogP contribution >= 0.6 is 0 Å². The van der Waals surface area contributed by atoms with Gasteiger partial charge in [0.15, 0.2) is 0 Å². The zero-order chi connectivity index (χ0) is 17.4. The molecule has 3 nitrogen and oxygen atoms in total. The van der Waals surface area contributed by atoms with Gasteiger partial charge in [0.25, 0.3) is 0 Å². The Morgan fingerprint density at radius 2 is 1.88 bits per heavy atom. The summed E-state index contributed by atoms with van der Waals surface area (Å²) in [5.74, 6) is 0. The highest BCUT2D eigenvalue weighted by molar-refractivity contribution is 5.60.